The van der Waals surface area contributed by atoms with E-state index < -0.39 is 0 Å². The first-order valence-electron chi connectivity index (χ1n) is 7.31. The van der Waals surface area contributed by atoms with E-state index in [1.165, 1.54) is 25.7 Å². The monoisotopic (exact) mass is 253 g/mol. The molecule has 18 heavy (non-hydrogen) atoms. The summed E-state index contributed by atoms with van der Waals surface area (Å²) < 4.78 is 0. The van der Waals surface area contributed by atoms with Crippen LogP contribution in [0.25, 0.3) is 0 Å². The summed E-state index contributed by atoms with van der Waals surface area (Å²) >= 11 is 0. The minimum atomic E-state index is 0.00161. The minimum absolute atomic E-state index is 0.00161. The van der Waals surface area contributed by atoms with E-state index >= 15 is 0 Å². The Morgan fingerprint density at radius 2 is 1.67 bits per heavy atom. The van der Waals surface area contributed by atoms with Crippen molar-refractivity contribution in [2.75, 3.05) is 14.1 Å². The van der Waals surface area contributed by atoms with Crippen LogP contribution in [0, 0.1) is 0 Å². The molecule has 0 aromatic carbocycles. The largest absolute Gasteiger partial charge is 0.352 e. The highest BCUT2D eigenvalue weighted by molar-refractivity contribution is 5.81. The van der Waals surface area contributed by atoms with Crippen LogP contribution in [0.1, 0.15) is 45.4 Å². The normalized spacial score (nSPS) is 30.2. The molecule has 1 atom stereocenters. The molecule has 2 fully saturated rings. The molecule has 0 heterocycles. The van der Waals surface area contributed by atoms with E-state index in [-0.39, 0.29) is 11.9 Å². The number of amides is 1. The fourth-order valence-electron chi connectivity index (χ4n) is 2.82. The molecule has 2 rings (SSSR count). The van der Waals surface area contributed by atoms with Crippen LogP contribution in [0.2, 0.25) is 0 Å². The SMILES string of the molecule is CNC1CCC(N(C)C(C)C(=O)NC2CC2)CC1. The zero-order chi connectivity index (χ0) is 13.1. The number of hydrogen-bond donors (Lipinski definition) is 2. The Bertz CT molecular complexity index is 283. The third-order valence-corrected chi connectivity index (χ3v) is 4.60. The Morgan fingerprint density at radius 3 is 2.17 bits per heavy atom. The van der Waals surface area contributed by atoms with Gasteiger partial charge in [-0.2, -0.15) is 0 Å². The van der Waals surface area contributed by atoms with E-state index in [0.717, 1.165) is 12.8 Å². The molecule has 0 saturated heterocycles. The number of nitrogens with one attached hydrogen (secondary N) is 2. The predicted molar refractivity (Wildman–Crippen MR) is 73.5 cm³/mol. The molecule has 0 aromatic rings. The number of likely N-dealkylation sites (N-methyl/N-ethyl adjacent to an activating group) is 1. The van der Waals surface area contributed by atoms with E-state index in [1.54, 1.807) is 0 Å². The average molecular weight is 253 g/mol. The highest BCUT2D eigenvalue weighted by Crippen LogP contribution is 2.24. The molecule has 1 unspecified atom stereocenters. The highest BCUT2D eigenvalue weighted by atomic mass is 16.2. The minimum Gasteiger partial charge on any atom is -0.352 e. The van der Waals surface area contributed by atoms with E-state index in [9.17, 15) is 4.79 Å². The maximum absolute atomic E-state index is 12.0. The zero-order valence-electron chi connectivity index (χ0n) is 11.9. The van der Waals surface area contributed by atoms with Gasteiger partial charge in [-0.05, 0) is 59.5 Å². The van der Waals surface area contributed by atoms with Crippen LogP contribution in [0.4, 0.5) is 0 Å². The Kier molecular flexibility index (Phi) is 4.62. The average Bonchev–Trinajstić information content (AvgIpc) is 3.21. The second-order valence-electron chi connectivity index (χ2n) is 5.92. The number of carbonyl (C=O) groups excluding carboxylic acids is 1. The van der Waals surface area contributed by atoms with Crippen molar-refractivity contribution in [1.82, 2.24) is 15.5 Å². The zero-order valence-corrected chi connectivity index (χ0v) is 11.9. The lowest BCUT2D eigenvalue weighted by Gasteiger charge is -2.37. The first-order chi connectivity index (χ1) is 8.61. The van der Waals surface area contributed by atoms with E-state index in [0.29, 0.717) is 18.1 Å². The molecule has 2 saturated carbocycles. The molecule has 0 radical (unpaired) electrons. The summed E-state index contributed by atoms with van der Waals surface area (Å²) in [6.45, 7) is 2.03. The summed E-state index contributed by atoms with van der Waals surface area (Å²) in [6.07, 6.45) is 7.17. The second-order valence-corrected chi connectivity index (χ2v) is 5.92. The van der Waals surface area contributed by atoms with Crippen molar-refractivity contribution in [3.8, 4) is 0 Å². The molecular formula is C14H27N3O. The molecule has 2 N–H and O–H groups in total. The van der Waals surface area contributed by atoms with Gasteiger partial charge in [-0.15, -0.1) is 0 Å². The first-order valence-corrected chi connectivity index (χ1v) is 7.31. The molecule has 4 heteroatoms. The van der Waals surface area contributed by atoms with Gasteiger partial charge in [0, 0.05) is 18.1 Å². The lowest BCUT2D eigenvalue weighted by Crippen LogP contribution is -2.50. The van der Waals surface area contributed by atoms with Crippen LogP contribution in [0.5, 0.6) is 0 Å². The van der Waals surface area contributed by atoms with E-state index in [2.05, 4.69) is 22.6 Å². The van der Waals surface area contributed by atoms with Gasteiger partial charge in [-0.3, -0.25) is 9.69 Å². The lowest BCUT2D eigenvalue weighted by atomic mass is 9.90. The Balaban J connectivity index is 1.78. The molecule has 2 aliphatic rings. The summed E-state index contributed by atoms with van der Waals surface area (Å²) in [5.74, 6) is 0.204. The Morgan fingerprint density at radius 1 is 1.11 bits per heavy atom. The van der Waals surface area contributed by atoms with Gasteiger partial charge < -0.3 is 10.6 Å². The molecule has 2 aliphatic carbocycles. The number of rotatable bonds is 5. The van der Waals surface area contributed by atoms with Gasteiger partial charge in [0.2, 0.25) is 5.91 Å². The smallest absolute Gasteiger partial charge is 0.237 e. The number of nitrogens with zero attached hydrogens (tertiary/aromatic N) is 1. The van der Waals surface area contributed by atoms with Crippen LogP contribution in [0.15, 0.2) is 0 Å². The predicted octanol–water partition coefficient (Wildman–Crippen LogP) is 1.12. The van der Waals surface area contributed by atoms with Crippen LogP contribution in [-0.4, -0.2) is 49.1 Å². The molecule has 1 amide bonds. The van der Waals surface area contributed by atoms with Crippen molar-refractivity contribution in [2.45, 2.75) is 69.6 Å². The molecular weight excluding hydrogens is 226 g/mol. The van der Waals surface area contributed by atoms with E-state index in [1.807, 2.05) is 14.0 Å². The van der Waals surface area contributed by atoms with E-state index in [4.69, 9.17) is 0 Å². The van der Waals surface area contributed by atoms with Gasteiger partial charge >= 0.3 is 0 Å². The van der Waals surface area contributed by atoms with Gasteiger partial charge in [0.05, 0.1) is 6.04 Å². The van der Waals surface area contributed by atoms with Crippen molar-refractivity contribution in [2.24, 2.45) is 0 Å². The van der Waals surface area contributed by atoms with Crippen molar-refractivity contribution < 1.29 is 4.79 Å². The molecule has 0 aliphatic heterocycles. The standard InChI is InChI=1S/C14H27N3O/c1-10(14(18)16-12-4-5-12)17(3)13-8-6-11(15-2)7-9-13/h10-13,15H,4-9H2,1-3H3,(H,16,18). The van der Waals surface area contributed by atoms with Crippen LogP contribution in [-0.2, 0) is 4.79 Å². The summed E-state index contributed by atoms with van der Waals surface area (Å²) in [7, 11) is 4.14. The first kappa shape index (κ1) is 13.8. The molecule has 0 bridgehead atoms. The molecule has 0 spiro atoms. The molecule has 4 nitrogen and oxygen atoms in total. The Labute approximate surface area is 110 Å². The Hall–Kier alpha value is -0.610. The quantitative estimate of drug-likeness (QED) is 0.771. The fraction of sp³-hybridized carbons (Fsp3) is 0.929. The third-order valence-electron chi connectivity index (χ3n) is 4.60. The fourth-order valence-corrected chi connectivity index (χ4v) is 2.82. The maximum atomic E-state index is 12.0. The van der Waals surface area contributed by atoms with Crippen LogP contribution < -0.4 is 10.6 Å². The van der Waals surface area contributed by atoms with Gasteiger partial charge in [-0.25, -0.2) is 0 Å². The van der Waals surface area contributed by atoms with Crippen molar-refractivity contribution in [3.05, 3.63) is 0 Å². The number of hydrogen-bond acceptors (Lipinski definition) is 3. The van der Waals surface area contributed by atoms with Crippen molar-refractivity contribution >= 4 is 5.91 Å². The summed E-state index contributed by atoms with van der Waals surface area (Å²) in [5, 5.41) is 6.45. The molecule has 104 valence electrons. The van der Waals surface area contributed by atoms with Gasteiger partial charge in [-0.1, -0.05) is 0 Å². The van der Waals surface area contributed by atoms with Gasteiger partial charge in [0.1, 0.15) is 0 Å². The second kappa shape index (κ2) is 6.02. The summed E-state index contributed by atoms with van der Waals surface area (Å²) in [4.78, 5) is 14.3. The highest BCUT2D eigenvalue weighted by Gasteiger charge is 2.31. The van der Waals surface area contributed by atoms with Gasteiger partial charge in [0.15, 0.2) is 0 Å². The maximum Gasteiger partial charge on any atom is 0.237 e. The van der Waals surface area contributed by atoms with Gasteiger partial charge in [0.25, 0.3) is 0 Å². The van der Waals surface area contributed by atoms with Crippen LogP contribution >= 0.6 is 0 Å². The van der Waals surface area contributed by atoms with Crippen LogP contribution in [0.3, 0.4) is 0 Å². The lowest BCUT2D eigenvalue weighted by molar-refractivity contribution is -0.126. The number of carbonyl (C=O) groups is 1. The summed E-state index contributed by atoms with van der Waals surface area (Å²) in [5.41, 5.74) is 0. The topological polar surface area (TPSA) is 44.4 Å². The summed E-state index contributed by atoms with van der Waals surface area (Å²) in [6, 6.07) is 1.70. The molecule has 0 aromatic heterocycles. The van der Waals surface area contributed by atoms with Crippen molar-refractivity contribution in [3.63, 3.8) is 0 Å². The van der Waals surface area contributed by atoms with Crippen molar-refractivity contribution in [1.29, 1.82) is 0 Å². The third kappa shape index (κ3) is 3.45.